The summed E-state index contributed by atoms with van der Waals surface area (Å²) >= 11 is 6.15. The van der Waals surface area contributed by atoms with E-state index in [4.69, 9.17) is 11.6 Å². The highest BCUT2D eigenvalue weighted by atomic mass is 35.5. The van der Waals surface area contributed by atoms with E-state index in [1.54, 1.807) is 24.5 Å². The van der Waals surface area contributed by atoms with E-state index in [1.807, 2.05) is 36.4 Å². The third-order valence-corrected chi connectivity index (χ3v) is 4.83. The van der Waals surface area contributed by atoms with Crippen molar-refractivity contribution in [1.82, 2.24) is 15.0 Å². The van der Waals surface area contributed by atoms with E-state index >= 15 is 0 Å². The Morgan fingerprint density at radius 1 is 1.07 bits per heavy atom. The molecule has 2 heterocycles. The molecule has 4 rings (SSSR count). The van der Waals surface area contributed by atoms with Crippen LogP contribution in [-0.4, -0.2) is 15.0 Å². The molecule has 0 aliphatic heterocycles. The van der Waals surface area contributed by atoms with Crippen molar-refractivity contribution in [3.8, 4) is 34.5 Å². The molecule has 2 aromatic carbocycles. The van der Waals surface area contributed by atoms with Crippen molar-refractivity contribution in [2.75, 3.05) is 0 Å². The van der Waals surface area contributed by atoms with Gasteiger partial charge in [0.1, 0.15) is 17.3 Å². The van der Waals surface area contributed by atoms with Gasteiger partial charge < -0.3 is 4.98 Å². The number of aryl methyl sites for hydroxylation is 1. The smallest absolute Gasteiger partial charge is 0.142 e. The van der Waals surface area contributed by atoms with Gasteiger partial charge in [-0.15, -0.1) is 0 Å². The van der Waals surface area contributed by atoms with Crippen LogP contribution >= 0.6 is 11.6 Å². The first-order valence-corrected chi connectivity index (χ1v) is 9.59. The van der Waals surface area contributed by atoms with Gasteiger partial charge in [-0.25, -0.2) is 14.4 Å². The van der Waals surface area contributed by atoms with E-state index in [1.165, 1.54) is 6.07 Å². The molecule has 4 aromatic rings. The van der Waals surface area contributed by atoms with Crippen molar-refractivity contribution in [3.63, 3.8) is 0 Å². The molecule has 0 amide bonds. The summed E-state index contributed by atoms with van der Waals surface area (Å²) in [6.45, 7) is 2.06. The van der Waals surface area contributed by atoms with Crippen LogP contribution in [0.1, 0.15) is 23.7 Å². The van der Waals surface area contributed by atoms with Gasteiger partial charge in [0.25, 0.3) is 0 Å². The molecule has 0 aliphatic carbocycles. The summed E-state index contributed by atoms with van der Waals surface area (Å²) < 4.78 is 14.2. The molecule has 0 saturated heterocycles. The molecule has 0 atom stereocenters. The molecule has 1 N–H and O–H groups in total. The lowest BCUT2D eigenvalue weighted by atomic mass is 10.1. The summed E-state index contributed by atoms with van der Waals surface area (Å²) in [5.74, 6) is 6.26. The van der Waals surface area contributed by atoms with Gasteiger partial charge in [0, 0.05) is 23.5 Å². The van der Waals surface area contributed by atoms with Gasteiger partial charge in [-0.2, -0.15) is 0 Å². The zero-order chi connectivity index (χ0) is 20.2. The van der Waals surface area contributed by atoms with E-state index in [2.05, 4.69) is 33.7 Å². The minimum absolute atomic E-state index is 0.259. The lowest BCUT2D eigenvalue weighted by molar-refractivity contribution is 0.630. The van der Waals surface area contributed by atoms with Crippen LogP contribution in [0, 0.1) is 17.7 Å². The summed E-state index contributed by atoms with van der Waals surface area (Å²) in [5, 5.41) is 0.310. The molecular weight excluding hydrogens is 385 g/mol. The predicted molar refractivity (Wildman–Crippen MR) is 114 cm³/mol. The number of nitrogens with one attached hydrogen (secondary N) is 1. The summed E-state index contributed by atoms with van der Waals surface area (Å²) in [6.07, 6.45) is 4.25. The van der Waals surface area contributed by atoms with Gasteiger partial charge >= 0.3 is 0 Å². The van der Waals surface area contributed by atoms with Crippen LogP contribution in [0.4, 0.5) is 4.39 Å². The largest absolute Gasteiger partial charge is 0.344 e. The Hall–Kier alpha value is -3.42. The topological polar surface area (TPSA) is 41.6 Å². The van der Waals surface area contributed by atoms with Crippen LogP contribution in [0.25, 0.3) is 22.6 Å². The van der Waals surface area contributed by atoms with Gasteiger partial charge in [-0.05, 0) is 48.2 Å². The van der Waals surface area contributed by atoms with Gasteiger partial charge in [0.15, 0.2) is 0 Å². The lowest BCUT2D eigenvalue weighted by Crippen LogP contribution is -1.94. The van der Waals surface area contributed by atoms with Crippen molar-refractivity contribution < 1.29 is 4.39 Å². The molecule has 0 radical (unpaired) electrons. The molecule has 142 valence electrons. The van der Waals surface area contributed by atoms with E-state index in [0.29, 0.717) is 16.5 Å². The minimum Gasteiger partial charge on any atom is -0.344 e. The number of aromatic amines is 1. The average Bonchev–Trinajstić information content (AvgIpc) is 3.22. The third kappa shape index (κ3) is 4.06. The molecule has 5 heteroatoms. The van der Waals surface area contributed by atoms with Gasteiger partial charge in [0.2, 0.25) is 0 Å². The van der Waals surface area contributed by atoms with Crippen molar-refractivity contribution in [2.45, 2.75) is 13.3 Å². The Morgan fingerprint density at radius 3 is 2.66 bits per heavy atom. The van der Waals surface area contributed by atoms with Crippen LogP contribution in [0.2, 0.25) is 5.02 Å². The molecule has 29 heavy (non-hydrogen) atoms. The molecule has 0 aliphatic rings. The quantitative estimate of drug-likeness (QED) is 0.434. The molecule has 0 fully saturated rings. The highest BCUT2D eigenvalue weighted by Crippen LogP contribution is 2.30. The van der Waals surface area contributed by atoms with Crippen molar-refractivity contribution in [3.05, 3.63) is 94.7 Å². The summed E-state index contributed by atoms with van der Waals surface area (Å²) in [5.41, 5.74) is 4.48. The molecule has 0 bridgehead atoms. The van der Waals surface area contributed by atoms with Gasteiger partial charge in [-0.1, -0.05) is 48.7 Å². The number of nitrogens with zero attached hydrogens (tertiary/aromatic N) is 2. The highest BCUT2D eigenvalue weighted by molar-refractivity contribution is 6.33. The summed E-state index contributed by atoms with van der Waals surface area (Å²) in [7, 11) is 0. The predicted octanol–water partition coefficient (Wildman–Crippen LogP) is 5.89. The number of pyridine rings is 1. The van der Waals surface area contributed by atoms with E-state index in [0.717, 1.165) is 28.8 Å². The Bertz CT molecular complexity index is 1200. The lowest BCUT2D eigenvalue weighted by Gasteiger charge is -2.04. The number of imidazole rings is 1. The fraction of sp³-hybridized carbons (Fsp3) is 0.0833. The van der Waals surface area contributed by atoms with Crippen LogP contribution in [-0.2, 0) is 6.42 Å². The Labute approximate surface area is 173 Å². The van der Waals surface area contributed by atoms with Crippen molar-refractivity contribution >= 4 is 11.6 Å². The first-order chi connectivity index (χ1) is 14.2. The number of H-pyrrole nitrogens is 1. The second kappa shape index (κ2) is 8.30. The maximum atomic E-state index is 14.2. The molecular formula is C24H17ClFN3. The normalized spacial score (nSPS) is 10.4. The molecule has 0 spiro atoms. The number of hydrogen-bond donors (Lipinski definition) is 1. The maximum Gasteiger partial charge on any atom is 0.142 e. The average molecular weight is 402 g/mol. The Kier molecular flexibility index (Phi) is 5.41. The fourth-order valence-electron chi connectivity index (χ4n) is 3.01. The second-order valence-corrected chi connectivity index (χ2v) is 6.84. The SMILES string of the molecule is CCc1cc(-c2c[nH]c(-c3c(F)cccc3Cl)n2)cnc1C#Cc1ccccc1. The van der Waals surface area contributed by atoms with E-state index in [-0.39, 0.29) is 5.56 Å². The summed E-state index contributed by atoms with van der Waals surface area (Å²) in [6, 6.07) is 16.4. The van der Waals surface area contributed by atoms with E-state index in [9.17, 15) is 4.39 Å². The van der Waals surface area contributed by atoms with E-state index < -0.39 is 5.82 Å². The minimum atomic E-state index is -0.419. The molecule has 3 nitrogen and oxygen atoms in total. The Balaban J connectivity index is 1.67. The Morgan fingerprint density at radius 2 is 1.90 bits per heavy atom. The molecule has 0 saturated carbocycles. The first kappa shape index (κ1) is 18.9. The fourth-order valence-corrected chi connectivity index (χ4v) is 3.26. The number of benzene rings is 2. The van der Waals surface area contributed by atoms with Crippen molar-refractivity contribution in [1.29, 1.82) is 0 Å². The molecule has 2 aromatic heterocycles. The van der Waals surface area contributed by atoms with Crippen LogP contribution in [0.5, 0.6) is 0 Å². The summed E-state index contributed by atoms with van der Waals surface area (Å²) in [4.78, 5) is 12.1. The second-order valence-electron chi connectivity index (χ2n) is 6.43. The van der Waals surface area contributed by atoms with Crippen LogP contribution in [0.3, 0.4) is 0 Å². The standard InChI is InChI=1S/C24H17ClFN3/c1-2-17-13-18(14-27-21(17)12-11-16-7-4-3-5-8-16)22-15-28-24(29-22)23-19(25)9-6-10-20(23)26/h3-10,13-15H,2H2,1H3,(H,28,29). The third-order valence-electron chi connectivity index (χ3n) is 4.52. The molecule has 0 unspecified atom stereocenters. The number of halogens is 2. The van der Waals surface area contributed by atoms with Gasteiger partial charge in [0.05, 0.1) is 16.3 Å². The number of hydrogen-bond acceptors (Lipinski definition) is 2. The first-order valence-electron chi connectivity index (χ1n) is 9.22. The monoisotopic (exact) mass is 401 g/mol. The van der Waals surface area contributed by atoms with Gasteiger partial charge in [-0.3, -0.25) is 0 Å². The zero-order valence-corrected chi connectivity index (χ0v) is 16.5. The van der Waals surface area contributed by atoms with Crippen LogP contribution in [0.15, 0.2) is 67.0 Å². The number of aromatic nitrogens is 3. The van der Waals surface area contributed by atoms with Crippen LogP contribution < -0.4 is 0 Å². The zero-order valence-electron chi connectivity index (χ0n) is 15.7. The van der Waals surface area contributed by atoms with Crippen molar-refractivity contribution in [2.24, 2.45) is 0 Å². The number of rotatable bonds is 3. The highest BCUT2D eigenvalue weighted by Gasteiger charge is 2.14. The maximum absolute atomic E-state index is 14.2.